The van der Waals surface area contributed by atoms with Crippen LogP contribution in [0.3, 0.4) is 0 Å². The van der Waals surface area contributed by atoms with E-state index in [0.29, 0.717) is 19.7 Å². The van der Waals surface area contributed by atoms with Gasteiger partial charge in [-0.2, -0.15) is 0 Å². The third kappa shape index (κ3) is 3.13. The molecular formula is C12H19N5O4. The molecule has 1 saturated heterocycles. The number of aromatic nitrogens is 3. The van der Waals surface area contributed by atoms with Crippen molar-refractivity contribution in [3.63, 3.8) is 0 Å². The predicted molar refractivity (Wildman–Crippen MR) is 72.1 cm³/mol. The van der Waals surface area contributed by atoms with Crippen molar-refractivity contribution >= 4 is 12.0 Å². The summed E-state index contributed by atoms with van der Waals surface area (Å²) in [6, 6.07) is -0.110. The van der Waals surface area contributed by atoms with E-state index >= 15 is 0 Å². The number of carboxylic acid groups (broad SMARTS) is 1. The zero-order valence-electron chi connectivity index (χ0n) is 12.3. The van der Waals surface area contributed by atoms with Gasteiger partial charge in [0.1, 0.15) is 0 Å². The number of aromatic carboxylic acids is 1. The Morgan fingerprint density at radius 3 is 2.76 bits per heavy atom. The van der Waals surface area contributed by atoms with E-state index in [1.807, 2.05) is 6.92 Å². The number of carbonyl (C=O) groups excluding carboxylic acids is 1. The Morgan fingerprint density at radius 1 is 1.57 bits per heavy atom. The number of ether oxygens (including phenoxy) is 1. The molecule has 0 saturated carbocycles. The zero-order chi connectivity index (χ0) is 15.6. The summed E-state index contributed by atoms with van der Waals surface area (Å²) >= 11 is 0. The topological polar surface area (TPSA) is 101 Å². The summed E-state index contributed by atoms with van der Waals surface area (Å²) in [6.07, 6.45) is 1.38. The molecule has 116 valence electrons. The van der Waals surface area contributed by atoms with Crippen LogP contribution in [0, 0.1) is 0 Å². The van der Waals surface area contributed by atoms with E-state index in [2.05, 4.69) is 10.3 Å². The van der Waals surface area contributed by atoms with Crippen LogP contribution in [0.2, 0.25) is 0 Å². The molecule has 1 unspecified atom stereocenters. The van der Waals surface area contributed by atoms with Gasteiger partial charge < -0.3 is 19.6 Å². The van der Waals surface area contributed by atoms with Gasteiger partial charge in [0.25, 0.3) is 0 Å². The highest BCUT2D eigenvalue weighted by Gasteiger charge is 2.35. The number of rotatable bonds is 5. The highest BCUT2D eigenvalue weighted by Crippen LogP contribution is 2.22. The summed E-state index contributed by atoms with van der Waals surface area (Å²) in [6.45, 7) is 3.37. The first-order valence-electron chi connectivity index (χ1n) is 6.59. The number of carbonyl (C=O) groups is 2. The van der Waals surface area contributed by atoms with Gasteiger partial charge in [0.15, 0.2) is 5.69 Å². The molecule has 1 aliphatic rings. The number of urea groups is 1. The lowest BCUT2D eigenvalue weighted by Gasteiger charge is -2.41. The highest BCUT2D eigenvalue weighted by atomic mass is 16.5. The third-order valence-electron chi connectivity index (χ3n) is 3.61. The van der Waals surface area contributed by atoms with Crippen LogP contribution in [0.25, 0.3) is 0 Å². The van der Waals surface area contributed by atoms with Crippen molar-refractivity contribution in [2.75, 3.05) is 33.9 Å². The van der Waals surface area contributed by atoms with Crippen molar-refractivity contribution in [3.05, 3.63) is 11.9 Å². The minimum atomic E-state index is -1.11. The maximum atomic E-state index is 12.2. The van der Waals surface area contributed by atoms with E-state index in [4.69, 9.17) is 9.84 Å². The van der Waals surface area contributed by atoms with Gasteiger partial charge in [-0.15, -0.1) is 5.10 Å². The first-order chi connectivity index (χ1) is 9.93. The average molecular weight is 297 g/mol. The number of amides is 2. The smallest absolute Gasteiger partial charge is 0.358 e. The predicted octanol–water partition coefficient (Wildman–Crippen LogP) is -0.0803. The fraction of sp³-hybridized carbons (Fsp3) is 0.667. The van der Waals surface area contributed by atoms with Gasteiger partial charge in [-0.3, -0.25) is 0 Å². The van der Waals surface area contributed by atoms with E-state index in [1.165, 1.54) is 10.9 Å². The number of methoxy groups -OCH3 is 1. The van der Waals surface area contributed by atoms with Crippen LogP contribution in [-0.2, 0) is 4.74 Å². The third-order valence-corrected chi connectivity index (χ3v) is 3.61. The van der Waals surface area contributed by atoms with Gasteiger partial charge >= 0.3 is 12.0 Å². The fourth-order valence-corrected chi connectivity index (χ4v) is 2.10. The molecule has 1 N–H and O–H groups in total. The van der Waals surface area contributed by atoms with Crippen LogP contribution in [-0.4, -0.2) is 81.8 Å². The number of hydrogen-bond donors (Lipinski definition) is 1. The summed E-state index contributed by atoms with van der Waals surface area (Å²) in [7, 11) is 3.33. The largest absolute Gasteiger partial charge is 0.476 e. The van der Waals surface area contributed by atoms with Gasteiger partial charge in [0.05, 0.1) is 24.9 Å². The summed E-state index contributed by atoms with van der Waals surface area (Å²) in [5.41, 5.74) is -0.0920. The van der Waals surface area contributed by atoms with Crippen molar-refractivity contribution in [2.45, 2.75) is 19.0 Å². The van der Waals surface area contributed by atoms with Crippen LogP contribution >= 0.6 is 0 Å². The quantitative estimate of drug-likeness (QED) is 0.815. The monoisotopic (exact) mass is 297 g/mol. The molecule has 9 heteroatoms. The molecular weight excluding hydrogens is 278 g/mol. The Kier molecular flexibility index (Phi) is 4.41. The van der Waals surface area contributed by atoms with Crippen molar-refractivity contribution in [1.29, 1.82) is 0 Å². The molecule has 21 heavy (non-hydrogen) atoms. The fourth-order valence-electron chi connectivity index (χ4n) is 2.10. The normalized spacial score (nSPS) is 16.4. The molecule has 0 radical (unpaired) electrons. The van der Waals surface area contributed by atoms with Crippen LogP contribution in [0.15, 0.2) is 6.20 Å². The van der Waals surface area contributed by atoms with E-state index in [9.17, 15) is 9.59 Å². The van der Waals surface area contributed by atoms with Crippen molar-refractivity contribution in [2.24, 2.45) is 0 Å². The lowest BCUT2D eigenvalue weighted by molar-refractivity contribution is 0.0682. The second-order valence-corrected chi connectivity index (χ2v) is 5.15. The molecule has 1 aromatic rings. The first kappa shape index (κ1) is 15.2. The summed E-state index contributed by atoms with van der Waals surface area (Å²) in [5, 5.41) is 16.1. The van der Waals surface area contributed by atoms with Gasteiger partial charge in [0.2, 0.25) is 0 Å². The van der Waals surface area contributed by atoms with Gasteiger partial charge in [-0.1, -0.05) is 5.21 Å². The summed E-state index contributed by atoms with van der Waals surface area (Å²) < 4.78 is 6.52. The Labute approximate surface area is 122 Å². The van der Waals surface area contributed by atoms with Crippen LogP contribution in [0.1, 0.15) is 23.5 Å². The van der Waals surface area contributed by atoms with Gasteiger partial charge in [0, 0.05) is 27.2 Å². The molecule has 0 aromatic carbocycles. The molecule has 0 aliphatic carbocycles. The van der Waals surface area contributed by atoms with Crippen molar-refractivity contribution in [1.82, 2.24) is 24.8 Å². The average Bonchev–Trinajstić information content (AvgIpc) is 2.85. The Morgan fingerprint density at radius 2 is 2.24 bits per heavy atom. The van der Waals surface area contributed by atoms with Crippen molar-refractivity contribution < 1.29 is 19.4 Å². The van der Waals surface area contributed by atoms with E-state index < -0.39 is 5.97 Å². The molecule has 1 fully saturated rings. The summed E-state index contributed by atoms with van der Waals surface area (Å²) in [4.78, 5) is 26.2. The SMILES string of the molecule is COCC(C)N(C)C(=O)N1CC(n2cc(C(=O)O)nn2)C1. The molecule has 0 bridgehead atoms. The first-order valence-corrected chi connectivity index (χ1v) is 6.59. The maximum Gasteiger partial charge on any atom is 0.358 e. The molecule has 1 aromatic heterocycles. The van der Waals surface area contributed by atoms with Crippen LogP contribution in [0.5, 0.6) is 0 Å². The van der Waals surface area contributed by atoms with E-state index in [1.54, 1.807) is 24.0 Å². The number of carboxylic acids is 1. The second kappa shape index (κ2) is 6.08. The lowest BCUT2D eigenvalue weighted by atomic mass is 10.1. The van der Waals surface area contributed by atoms with E-state index in [0.717, 1.165) is 0 Å². The Bertz CT molecular complexity index is 525. The molecule has 2 amide bonds. The molecule has 2 heterocycles. The van der Waals surface area contributed by atoms with Crippen molar-refractivity contribution in [3.8, 4) is 0 Å². The Balaban J connectivity index is 1.88. The zero-order valence-corrected chi connectivity index (χ0v) is 12.3. The van der Waals surface area contributed by atoms with E-state index in [-0.39, 0.29) is 23.8 Å². The Hall–Kier alpha value is -2.16. The molecule has 1 atom stereocenters. The van der Waals surface area contributed by atoms with Gasteiger partial charge in [-0.05, 0) is 6.92 Å². The molecule has 1 aliphatic heterocycles. The second-order valence-electron chi connectivity index (χ2n) is 5.15. The minimum absolute atomic E-state index is 0.00784. The van der Waals surface area contributed by atoms with Crippen LogP contribution in [0.4, 0.5) is 4.79 Å². The highest BCUT2D eigenvalue weighted by molar-refractivity contribution is 5.84. The van der Waals surface area contributed by atoms with Gasteiger partial charge in [-0.25, -0.2) is 14.3 Å². The lowest BCUT2D eigenvalue weighted by Crippen LogP contribution is -2.56. The summed E-state index contributed by atoms with van der Waals surface area (Å²) in [5.74, 6) is -1.11. The standard InChI is InChI=1S/C12H19N5O4/c1-8(7-21-3)15(2)12(20)16-4-9(5-16)17-6-10(11(18)19)13-14-17/h6,8-9H,4-5,7H2,1-3H3,(H,18,19). The minimum Gasteiger partial charge on any atom is -0.476 e. The molecule has 2 rings (SSSR count). The number of likely N-dealkylation sites (N-methyl/N-ethyl adjacent to an activating group) is 1. The molecule has 0 spiro atoms. The maximum absolute atomic E-state index is 12.2. The molecule has 9 nitrogen and oxygen atoms in total. The number of likely N-dealkylation sites (tertiary alicyclic amines) is 1. The number of nitrogens with zero attached hydrogens (tertiary/aromatic N) is 5. The van der Waals surface area contributed by atoms with Crippen LogP contribution < -0.4 is 0 Å². The number of hydrogen-bond acceptors (Lipinski definition) is 5.